The summed E-state index contributed by atoms with van der Waals surface area (Å²) in [5, 5.41) is 11.4. The number of halogens is 1. The number of ether oxygens (including phenoxy) is 2. The van der Waals surface area contributed by atoms with Crippen LogP contribution in [0.3, 0.4) is 0 Å². The molecule has 2 heterocycles. The van der Waals surface area contributed by atoms with Crippen LogP contribution in [0.2, 0.25) is 0 Å². The highest BCUT2D eigenvalue weighted by Crippen LogP contribution is 2.29. The number of tetrazole rings is 1. The summed E-state index contributed by atoms with van der Waals surface area (Å²) < 4.78 is 26.4. The van der Waals surface area contributed by atoms with E-state index in [0.29, 0.717) is 42.5 Å². The van der Waals surface area contributed by atoms with Crippen LogP contribution >= 0.6 is 0 Å². The zero-order valence-electron chi connectivity index (χ0n) is 11.3. The SMILES string of the molecule is CCc1cc(-n2nnnc2C)c(OC2COC2)cc1F. The Morgan fingerprint density at radius 3 is 2.80 bits per heavy atom. The van der Waals surface area contributed by atoms with Crippen molar-refractivity contribution in [3.8, 4) is 11.4 Å². The number of hydrogen-bond donors (Lipinski definition) is 0. The monoisotopic (exact) mass is 278 g/mol. The smallest absolute Gasteiger partial charge is 0.153 e. The van der Waals surface area contributed by atoms with Crippen molar-refractivity contribution < 1.29 is 13.9 Å². The van der Waals surface area contributed by atoms with Gasteiger partial charge in [0.2, 0.25) is 0 Å². The topological polar surface area (TPSA) is 62.1 Å². The van der Waals surface area contributed by atoms with E-state index in [1.165, 1.54) is 6.07 Å². The van der Waals surface area contributed by atoms with Gasteiger partial charge in [-0.2, -0.15) is 4.68 Å². The third-order valence-corrected chi connectivity index (χ3v) is 3.26. The van der Waals surface area contributed by atoms with Crippen molar-refractivity contribution in [1.29, 1.82) is 0 Å². The van der Waals surface area contributed by atoms with Gasteiger partial charge in [-0.15, -0.1) is 5.10 Å². The van der Waals surface area contributed by atoms with Gasteiger partial charge in [0.1, 0.15) is 23.4 Å². The maximum absolute atomic E-state index is 14.0. The molecule has 2 aromatic rings. The lowest BCUT2D eigenvalue weighted by molar-refractivity contribution is -0.0797. The fraction of sp³-hybridized carbons (Fsp3) is 0.462. The van der Waals surface area contributed by atoms with Gasteiger partial charge in [-0.25, -0.2) is 4.39 Å². The van der Waals surface area contributed by atoms with Gasteiger partial charge >= 0.3 is 0 Å². The third-order valence-electron chi connectivity index (χ3n) is 3.26. The van der Waals surface area contributed by atoms with Gasteiger partial charge in [0.25, 0.3) is 0 Å². The van der Waals surface area contributed by atoms with Crippen molar-refractivity contribution in [1.82, 2.24) is 20.2 Å². The summed E-state index contributed by atoms with van der Waals surface area (Å²) >= 11 is 0. The normalized spacial score (nSPS) is 15.2. The van der Waals surface area contributed by atoms with E-state index < -0.39 is 0 Å². The second-order valence-corrected chi connectivity index (χ2v) is 4.68. The van der Waals surface area contributed by atoms with Crippen LogP contribution in [-0.2, 0) is 11.2 Å². The van der Waals surface area contributed by atoms with Gasteiger partial charge < -0.3 is 9.47 Å². The lowest BCUT2D eigenvalue weighted by Crippen LogP contribution is -2.38. The molecule has 0 amide bonds. The van der Waals surface area contributed by atoms with Gasteiger partial charge in [-0.1, -0.05) is 6.92 Å². The number of nitrogens with zero attached hydrogens (tertiary/aromatic N) is 4. The molecule has 0 unspecified atom stereocenters. The first-order valence-corrected chi connectivity index (χ1v) is 6.51. The molecule has 0 N–H and O–H groups in total. The molecule has 0 saturated carbocycles. The molecule has 0 radical (unpaired) electrons. The molecule has 1 saturated heterocycles. The number of hydrogen-bond acceptors (Lipinski definition) is 5. The van der Waals surface area contributed by atoms with Gasteiger partial charge in [0.05, 0.1) is 13.2 Å². The summed E-state index contributed by atoms with van der Waals surface area (Å²) in [6.45, 7) is 4.72. The van der Waals surface area contributed by atoms with Crippen molar-refractivity contribution in [3.63, 3.8) is 0 Å². The molecule has 106 valence electrons. The highest BCUT2D eigenvalue weighted by atomic mass is 19.1. The number of rotatable bonds is 4. The van der Waals surface area contributed by atoms with Crippen LogP contribution in [0.15, 0.2) is 12.1 Å². The van der Waals surface area contributed by atoms with Crippen molar-refractivity contribution in [2.45, 2.75) is 26.4 Å². The zero-order valence-corrected chi connectivity index (χ0v) is 11.3. The summed E-state index contributed by atoms with van der Waals surface area (Å²) in [6.07, 6.45) is 0.546. The van der Waals surface area contributed by atoms with Crippen LogP contribution < -0.4 is 4.74 Å². The van der Waals surface area contributed by atoms with Crippen molar-refractivity contribution in [2.75, 3.05) is 13.2 Å². The summed E-state index contributed by atoms with van der Waals surface area (Å²) in [7, 11) is 0. The maximum atomic E-state index is 14.0. The van der Waals surface area contributed by atoms with E-state index in [1.807, 2.05) is 6.92 Å². The Morgan fingerprint density at radius 1 is 1.45 bits per heavy atom. The molecule has 1 aliphatic rings. The molecule has 6 nitrogen and oxygen atoms in total. The molecule has 7 heteroatoms. The second kappa shape index (κ2) is 5.16. The van der Waals surface area contributed by atoms with E-state index in [9.17, 15) is 4.39 Å². The first-order chi connectivity index (χ1) is 9.69. The summed E-state index contributed by atoms with van der Waals surface area (Å²) in [5.74, 6) is 0.772. The molecule has 0 spiro atoms. The van der Waals surface area contributed by atoms with Crippen LogP contribution in [0.25, 0.3) is 5.69 Å². The van der Waals surface area contributed by atoms with Crippen LogP contribution in [0, 0.1) is 12.7 Å². The third kappa shape index (κ3) is 2.24. The van der Waals surface area contributed by atoms with E-state index >= 15 is 0 Å². The summed E-state index contributed by atoms with van der Waals surface area (Å²) in [4.78, 5) is 0. The molecule has 1 aliphatic heterocycles. The van der Waals surface area contributed by atoms with E-state index in [2.05, 4.69) is 15.5 Å². The standard InChI is InChI=1S/C13H15FN4O2/c1-3-9-4-12(18-8(2)15-16-17-18)13(5-11(9)14)20-10-6-19-7-10/h4-5,10H,3,6-7H2,1-2H3. The lowest BCUT2D eigenvalue weighted by atomic mass is 10.1. The van der Waals surface area contributed by atoms with Crippen molar-refractivity contribution in [3.05, 3.63) is 29.3 Å². The fourth-order valence-corrected chi connectivity index (χ4v) is 2.03. The Labute approximate surface area is 115 Å². The molecular formula is C13H15FN4O2. The van der Waals surface area contributed by atoms with Gasteiger partial charge in [-0.3, -0.25) is 0 Å². The van der Waals surface area contributed by atoms with E-state index in [4.69, 9.17) is 9.47 Å². The Morgan fingerprint density at radius 2 is 2.25 bits per heavy atom. The van der Waals surface area contributed by atoms with Gasteiger partial charge in [0, 0.05) is 6.07 Å². The summed E-state index contributed by atoms with van der Waals surface area (Å²) in [6, 6.07) is 3.13. The Hall–Kier alpha value is -2.02. The van der Waals surface area contributed by atoms with E-state index in [1.54, 1.807) is 17.7 Å². The maximum Gasteiger partial charge on any atom is 0.153 e. The molecular weight excluding hydrogens is 263 g/mol. The van der Waals surface area contributed by atoms with Gasteiger partial charge in [0.15, 0.2) is 5.82 Å². The molecule has 0 bridgehead atoms. The average molecular weight is 278 g/mol. The quantitative estimate of drug-likeness (QED) is 0.847. The molecule has 1 fully saturated rings. The molecule has 1 aromatic heterocycles. The Balaban J connectivity index is 2.06. The minimum absolute atomic E-state index is 0.0441. The Kier molecular flexibility index (Phi) is 3.35. The first kappa shape index (κ1) is 13.0. The predicted molar refractivity (Wildman–Crippen MR) is 68.5 cm³/mol. The average Bonchev–Trinajstić information content (AvgIpc) is 2.80. The highest BCUT2D eigenvalue weighted by Gasteiger charge is 2.23. The van der Waals surface area contributed by atoms with Crippen LogP contribution in [0.1, 0.15) is 18.3 Å². The predicted octanol–water partition coefficient (Wildman–Crippen LogP) is 1.45. The molecule has 1 aromatic carbocycles. The van der Waals surface area contributed by atoms with Crippen LogP contribution in [0.4, 0.5) is 4.39 Å². The molecule has 3 rings (SSSR count). The molecule has 20 heavy (non-hydrogen) atoms. The number of benzene rings is 1. The van der Waals surface area contributed by atoms with Crippen LogP contribution in [0.5, 0.6) is 5.75 Å². The van der Waals surface area contributed by atoms with Gasteiger partial charge in [-0.05, 0) is 35.4 Å². The Bertz CT molecular complexity index is 625. The number of aryl methyl sites for hydroxylation is 2. The van der Waals surface area contributed by atoms with E-state index in [0.717, 1.165) is 0 Å². The van der Waals surface area contributed by atoms with Crippen molar-refractivity contribution >= 4 is 0 Å². The summed E-state index contributed by atoms with van der Waals surface area (Å²) in [5.41, 5.74) is 1.25. The highest BCUT2D eigenvalue weighted by molar-refractivity contribution is 5.49. The lowest BCUT2D eigenvalue weighted by Gasteiger charge is -2.27. The number of aromatic nitrogens is 4. The minimum Gasteiger partial charge on any atom is -0.483 e. The van der Waals surface area contributed by atoms with E-state index in [-0.39, 0.29) is 11.9 Å². The zero-order chi connectivity index (χ0) is 14.1. The largest absolute Gasteiger partial charge is 0.483 e. The fourth-order valence-electron chi connectivity index (χ4n) is 2.03. The van der Waals surface area contributed by atoms with Crippen LogP contribution in [-0.4, -0.2) is 39.5 Å². The minimum atomic E-state index is -0.280. The first-order valence-electron chi connectivity index (χ1n) is 6.51. The molecule has 0 aliphatic carbocycles. The molecule has 0 atom stereocenters. The van der Waals surface area contributed by atoms with Crippen molar-refractivity contribution in [2.24, 2.45) is 0 Å². The second-order valence-electron chi connectivity index (χ2n) is 4.68.